The number of fused-ring (bicyclic) bond motifs is 1. The number of halogens is 5. The highest BCUT2D eigenvalue weighted by atomic mass is 79.9. The largest absolute Gasteiger partial charge is 0.433 e. The molecule has 0 saturated carbocycles. The minimum absolute atomic E-state index is 0.00229. The predicted molar refractivity (Wildman–Crippen MR) is 67.0 cm³/mol. The summed E-state index contributed by atoms with van der Waals surface area (Å²) in [5, 5.41) is 0.180. The number of alkyl halides is 3. The minimum Gasteiger partial charge on any atom is -0.323 e. The summed E-state index contributed by atoms with van der Waals surface area (Å²) in [6.45, 7) is 1.23. The molecule has 1 aromatic heterocycles. The maximum atomic E-state index is 13.7. The fourth-order valence-corrected chi connectivity index (χ4v) is 2.28. The van der Waals surface area contributed by atoms with E-state index in [9.17, 15) is 17.6 Å². The van der Waals surface area contributed by atoms with Crippen molar-refractivity contribution in [2.75, 3.05) is 5.43 Å². The molecule has 0 atom stereocenters. The molecule has 1 heterocycles. The Hall–Kier alpha value is -1.41. The van der Waals surface area contributed by atoms with Gasteiger partial charge in [0.1, 0.15) is 11.2 Å². The summed E-state index contributed by atoms with van der Waals surface area (Å²) < 4.78 is 52.6. The fourth-order valence-electron chi connectivity index (χ4n) is 1.85. The zero-order chi connectivity index (χ0) is 14.4. The summed E-state index contributed by atoms with van der Waals surface area (Å²) in [6, 6.07) is 2.50. The molecule has 1 aromatic carbocycles. The number of benzene rings is 1. The van der Waals surface area contributed by atoms with Gasteiger partial charge in [0.2, 0.25) is 0 Å². The van der Waals surface area contributed by atoms with Crippen molar-refractivity contribution in [3.8, 4) is 0 Å². The summed E-state index contributed by atoms with van der Waals surface area (Å²) in [7, 11) is 0. The van der Waals surface area contributed by atoms with Crippen LogP contribution in [-0.2, 0) is 6.18 Å². The predicted octanol–water partition coefficient (Wildman–Crippen LogP) is 3.75. The molecule has 2 rings (SSSR count). The number of aromatic nitrogens is 1. The average molecular weight is 338 g/mol. The maximum Gasteiger partial charge on any atom is 0.433 e. The lowest BCUT2D eigenvalue weighted by molar-refractivity contribution is -0.141. The van der Waals surface area contributed by atoms with Gasteiger partial charge in [0, 0.05) is 15.4 Å². The van der Waals surface area contributed by atoms with Crippen LogP contribution in [-0.4, -0.2) is 4.98 Å². The van der Waals surface area contributed by atoms with Gasteiger partial charge in [0.05, 0.1) is 5.69 Å². The lowest BCUT2D eigenvalue weighted by Crippen LogP contribution is -2.16. The molecule has 0 unspecified atom stereocenters. The van der Waals surface area contributed by atoms with E-state index in [4.69, 9.17) is 5.84 Å². The minimum atomic E-state index is -4.68. The Kier molecular flexibility index (Phi) is 3.40. The second kappa shape index (κ2) is 4.61. The van der Waals surface area contributed by atoms with Gasteiger partial charge >= 0.3 is 6.18 Å². The summed E-state index contributed by atoms with van der Waals surface area (Å²) in [5.74, 6) is 4.39. The molecule has 0 fully saturated rings. The third kappa shape index (κ3) is 2.37. The topological polar surface area (TPSA) is 50.9 Å². The molecular weight excluding hydrogens is 330 g/mol. The van der Waals surface area contributed by atoms with Crippen molar-refractivity contribution >= 4 is 32.5 Å². The number of hydrazine groups is 1. The van der Waals surface area contributed by atoms with E-state index in [0.717, 1.165) is 6.07 Å². The zero-order valence-corrected chi connectivity index (χ0v) is 11.2. The van der Waals surface area contributed by atoms with E-state index in [-0.39, 0.29) is 22.2 Å². The standard InChI is InChI=1S/C11H8BrF4N3/c1-4-8(19-17)6-2-5(12)3-7(13)9(6)18-10(4)11(14,15)16/h2-3H,17H2,1H3,(H,18,19). The lowest BCUT2D eigenvalue weighted by Gasteiger charge is -2.16. The molecule has 0 aliphatic heterocycles. The van der Waals surface area contributed by atoms with Crippen molar-refractivity contribution in [3.63, 3.8) is 0 Å². The molecule has 0 aliphatic carbocycles. The van der Waals surface area contributed by atoms with Crippen LogP contribution in [0.5, 0.6) is 0 Å². The second-order valence-electron chi connectivity index (χ2n) is 3.89. The van der Waals surface area contributed by atoms with Gasteiger partial charge in [-0.3, -0.25) is 5.84 Å². The molecule has 0 radical (unpaired) electrons. The Morgan fingerprint density at radius 1 is 1.32 bits per heavy atom. The third-order valence-corrected chi connectivity index (χ3v) is 3.12. The number of nitrogens with one attached hydrogen (secondary N) is 1. The third-order valence-electron chi connectivity index (χ3n) is 2.66. The number of anilines is 1. The van der Waals surface area contributed by atoms with Crippen LogP contribution in [0.2, 0.25) is 0 Å². The summed E-state index contributed by atoms with van der Waals surface area (Å²) in [6.07, 6.45) is -4.68. The average Bonchev–Trinajstić information content (AvgIpc) is 2.26. The quantitative estimate of drug-likeness (QED) is 0.473. The molecule has 0 aliphatic rings. The summed E-state index contributed by atoms with van der Waals surface area (Å²) in [4.78, 5) is 3.38. The zero-order valence-electron chi connectivity index (χ0n) is 9.57. The van der Waals surface area contributed by atoms with E-state index in [0.29, 0.717) is 4.47 Å². The van der Waals surface area contributed by atoms with Crippen LogP contribution >= 0.6 is 15.9 Å². The molecule has 19 heavy (non-hydrogen) atoms. The number of hydrogen-bond acceptors (Lipinski definition) is 3. The van der Waals surface area contributed by atoms with E-state index in [2.05, 4.69) is 26.3 Å². The van der Waals surface area contributed by atoms with Gasteiger partial charge in [-0.2, -0.15) is 13.2 Å². The van der Waals surface area contributed by atoms with Gasteiger partial charge in [-0.1, -0.05) is 15.9 Å². The molecule has 0 bridgehead atoms. The van der Waals surface area contributed by atoms with Crippen molar-refractivity contribution in [2.24, 2.45) is 5.84 Å². The molecule has 102 valence electrons. The van der Waals surface area contributed by atoms with Crippen LogP contribution in [0.25, 0.3) is 10.9 Å². The van der Waals surface area contributed by atoms with Crippen LogP contribution in [0, 0.1) is 12.7 Å². The van der Waals surface area contributed by atoms with E-state index in [1.165, 1.54) is 13.0 Å². The SMILES string of the molecule is Cc1c(C(F)(F)F)nc2c(F)cc(Br)cc2c1NN. The van der Waals surface area contributed by atoms with E-state index in [1.54, 1.807) is 0 Å². The first-order valence-corrected chi connectivity index (χ1v) is 5.88. The number of nitrogens with two attached hydrogens (primary N) is 1. The van der Waals surface area contributed by atoms with Crippen LogP contribution in [0.4, 0.5) is 23.2 Å². The maximum absolute atomic E-state index is 13.7. The Bertz CT molecular complexity index is 655. The molecule has 8 heteroatoms. The molecule has 0 spiro atoms. The van der Waals surface area contributed by atoms with Crippen molar-refractivity contribution in [2.45, 2.75) is 13.1 Å². The highest BCUT2D eigenvalue weighted by molar-refractivity contribution is 9.10. The molecular formula is C11H8BrF4N3. The van der Waals surface area contributed by atoms with Gasteiger partial charge < -0.3 is 5.43 Å². The van der Waals surface area contributed by atoms with Crippen LogP contribution in [0.1, 0.15) is 11.3 Å². The van der Waals surface area contributed by atoms with Crippen molar-refractivity contribution in [1.29, 1.82) is 0 Å². The molecule has 3 nitrogen and oxygen atoms in total. The van der Waals surface area contributed by atoms with Gasteiger partial charge in [-0.25, -0.2) is 9.37 Å². The monoisotopic (exact) mass is 337 g/mol. The number of nitrogen functional groups attached to an aromatic ring is 1. The Labute approximate surface area is 113 Å². The normalized spacial score (nSPS) is 11.9. The molecule has 2 aromatic rings. The van der Waals surface area contributed by atoms with Crippen LogP contribution < -0.4 is 11.3 Å². The van der Waals surface area contributed by atoms with Gasteiger partial charge in [0.25, 0.3) is 0 Å². The van der Waals surface area contributed by atoms with Crippen molar-refractivity contribution < 1.29 is 17.6 Å². The van der Waals surface area contributed by atoms with E-state index < -0.39 is 17.7 Å². The second-order valence-corrected chi connectivity index (χ2v) is 4.80. The highest BCUT2D eigenvalue weighted by Gasteiger charge is 2.36. The van der Waals surface area contributed by atoms with Crippen LogP contribution in [0.3, 0.4) is 0 Å². The summed E-state index contributed by atoms with van der Waals surface area (Å²) >= 11 is 3.07. The molecule has 3 N–H and O–H groups in total. The number of hydrogen-bond donors (Lipinski definition) is 2. The Morgan fingerprint density at radius 2 is 1.95 bits per heavy atom. The summed E-state index contributed by atoms with van der Waals surface area (Å²) in [5.41, 5.74) is 0.456. The highest BCUT2D eigenvalue weighted by Crippen LogP contribution is 2.38. The van der Waals surface area contributed by atoms with Crippen molar-refractivity contribution in [1.82, 2.24) is 4.98 Å². The molecule has 0 saturated heterocycles. The van der Waals surface area contributed by atoms with Gasteiger partial charge in [0.15, 0.2) is 5.82 Å². The first kappa shape index (κ1) is 14.0. The lowest BCUT2D eigenvalue weighted by atomic mass is 10.1. The first-order chi connectivity index (χ1) is 8.75. The Morgan fingerprint density at radius 3 is 2.47 bits per heavy atom. The van der Waals surface area contributed by atoms with Crippen LogP contribution in [0.15, 0.2) is 16.6 Å². The number of nitrogens with zero attached hydrogens (tertiary/aromatic N) is 1. The Balaban J connectivity index is 2.95. The van der Waals surface area contributed by atoms with E-state index in [1.807, 2.05) is 0 Å². The first-order valence-electron chi connectivity index (χ1n) is 5.09. The molecule has 0 amide bonds. The fraction of sp³-hybridized carbons (Fsp3) is 0.182. The van der Waals surface area contributed by atoms with Gasteiger partial charge in [-0.15, -0.1) is 0 Å². The van der Waals surface area contributed by atoms with Gasteiger partial charge in [-0.05, 0) is 19.1 Å². The van der Waals surface area contributed by atoms with E-state index >= 15 is 0 Å². The number of rotatable bonds is 1. The van der Waals surface area contributed by atoms with Crippen molar-refractivity contribution in [3.05, 3.63) is 33.7 Å². The number of pyridine rings is 1. The smallest absolute Gasteiger partial charge is 0.323 e.